The lowest BCUT2D eigenvalue weighted by molar-refractivity contribution is -0.135. The fraction of sp³-hybridized carbons (Fsp3) is 0.400. The van der Waals surface area contributed by atoms with Gasteiger partial charge in [0.15, 0.2) is 0 Å². The Morgan fingerprint density at radius 3 is 3.00 bits per heavy atom. The van der Waals surface area contributed by atoms with Crippen molar-refractivity contribution in [2.24, 2.45) is 0 Å². The van der Waals surface area contributed by atoms with Crippen LogP contribution in [0.2, 0.25) is 10.0 Å². The first-order valence-electron chi connectivity index (χ1n) is 6.69. The monoisotopic (exact) mass is 311 g/mol. The normalized spacial score (nSPS) is 24.4. The molecule has 5 heteroatoms. The molecule has 2 heterocycles. The van der Waals surface area contributed by atoms with Gasteiger partial charge in [-0.2, -0.15) is 0 Å². The molecule has 1 amide bonds. The molecule has 3 nitrogen and oxygen atoms in total. The van der Waals surface area contributed by atoms with E-state index in [4.69, 9.17) is 27.9 Å². The van der Waals surface area contributed by atoms with Crippen molar-refractivity contribution in [1.29, 1.82) is 0 Å². The molecule has 2 atom stereocenters. The number of likely N-dealkylation sites (tertiary alicyclic amines) is 1. The first kappa shape index (κ1) is 13.8. The number of amides is 1. The number of carbonyl (C=O) groups is 1. The zero-order valence-corrected chi connectivity index (χ0v) is 12.4. The Kier molecular flexibility index (Phi) is 3.90. The molecular weight excluding hydrogens is 297 g/mol. The fourth-order valence-electron chi connectivity index (χ4n) is 2.75. The van der Waals surface area contributed by atoms with Crippen molar-refractivity contribution < 1.29 is 9.53 Å². The fourth-order valence-corrected chi connectivity index (χ4v) is 3.07. The number of ether oxygens (including phenoxy) is 1. The molecule has 0 spiro atoms. The Morgan fingerprint density at radius 1 is 1.35 bits per heavy atom. The second-order valence-corrected chi connectivity index (χ2v) is 6.01. The highest BCUT2D eigenvalue weighted by molar-refractivity contribution is 6.42. The Hall–Kier alpha value is -1.19. The Labute approximate surface area is 128 Å². The van der Waals surface area contributed by atoms with E-state index in [0.717, 1.165) is 24.9 Å². The van der Waals surface area contributed by atoms with E-state index in [9.17, 15) is 4.79 Å². The van der Waals surface area contributed by atoms with E-state index in [1.54, 1.807) is 18.4 Å². The highest BCUT2D eigenvalue weighted by Crippen LogP contribution is 2.27. The molecule has 0 radical (unpaired) electrons. The van der Waals surface area contributed by atoms with Gasteiger partial charge in [-0.05, 0) is 23.8 Å². The maximum atomic E-state index is 12.4. The van der Waals surface area contributed by atoms with Crippen LogP contribution in [0.4, 0.5) is 0 Å². The van der Waals surface area contributed by atoms with Crippen LogP contribution in [0.15, 0.2) is 30.5 Å². The number of piperidine rings is 1. The molecule has 0 aromatic heterocycles. The first-order valence-corrected chi connectivity index (χ1v) is 7.44. The van der Waals surface area contributed by atoms with Crippen LogP contribution in [0, 0.1) is 0 Å². The zero-order chi connectivity index (χ0) is 14.1. The molecule has 3 rings (SSSR count). The third kappa shape index (κ3) is 2.79. The Bertz CT molecular complexity index is 559. The average molecular weight is 312 g/mol. The number of benzene rings is 1. The van der Waals surface area contributed by atoms with E-state index in [2.05, 4.69) is 0 Å². The van der Waals surface area contributed by atoms with E-state index in [1.165, 1.54) is 0 Å². The van der Waals surface area contributed by atoms with E-state index < -0.39 is 0 Å². The summed E-state index contributed by atoms with van der Waals surface area (Å²) in [5.41, 5.74) is 0.891. The van der Waals surface area contributed by atoms with Gasteiger partial charge in [-0.15, -0.1) is 0 Å². The molecule has 106 valence electrons. The molecule has 1 saturated heterocycles. The standard InChI is InChI=1S/C15H15Cl2NO2/c16-13-2-1-10(7-14(13)17)8-15(19)18-5-3-12-9-11(18)4-6-20-12/h1-2,4,6-7,11-12H,3,5,8-9H2/t11-,12-/m1/s1. The van der Waals surface area contributed by atoms with Gasteiger partial charge in [0, 0.05) is 19.4 Å². The molecular formula is C15H15Cl2NO2. The van der Waals surface area contributed by atoms with Gasteiger partial charge in [-0.1, -0.05) is 29.3 Å². The Balaban J connectivity index is 1.71. The van der Waals surface area contributed by atoms with E-state index in [0.29, 0.717) is 16.5 Å². The minimum Gasteiger partial charge on any atom is -0.498 e. The number of rotatable bonds is 2. The second kappa shape index (κ2) is 5.66. The topological polar surface area (TPSA) is 29.5 Å². The quantitative estimate of drug-likeness (QED) is 0.837. The summed E-state index contributed by atoms with van der Waals surface area (Å²) in [6.45, 7) is 0.750. The number of fused-ring (bicyclic) bond motifs is 2. The van der Waals surface area contributed by atoms with Crippen molar-refractivity contribution in [3.63, 3.8) is 0 Å². The number of hydrogen-bond donors (Lipinski definition) is 0. The summed E-state index contributed by atoms with van der Waals surface area (Å²) in [4.78, 5) is 14.4. The van der Waals surface area contributed by atoms with Crippen LogP contribution < -0.4 is 0 Å². The molecule has 0 N–H and O–H groups in total. The number of nitrogens with zero attached hydrogens (tertiary/aromatic N) is 1. The zero-order valence-electron chi connectivity index (χ0n) is 10.9. The highest BCUT2D eigenvalue weighted by atomic mass is 35.5. The predicted molar refractivity (Wildman–Crippen MR) is 78.9 cm³/mol. The SMILES string of the molecule is O=C(Cc1ccc(Cl)c(Cl)c1)N1CC[C@@H]2C[C@H]1C=CO2. The van der Waals surface area contributed by atoms with E-state index in [-0.39, 0.29) is 18.1 Å². The maximum Gasteiger partial charge on any atom is 0.227 e. The minimum absolute atomic E-state index is 0.124. The van der Waals surface area contributed by atoms with Gasteiger partial charge in [-0.25, -0.2) is 0 Å². The predicted octanol–water partition coefficient (Wildman–Crippen LogP) is 3.44. The van der Waals surface area contributed by atoms with Gasteiger partial charge in [0.1, 0.15) is 6.10 Å². The third-order valence-corrected chi connectivity index (χ3v) is 4.57. The van der Waals surface area contributed by atoms with E-state index >= 15 is 0 Å². The molecule has 1 aromatic carbocycles. The minimum atomic E-state index is 0.124. The summed E-state index contributed by atoms with van der Waals surface area (Å²) < 4.78 is 5.47. The van der Waals surface area contributed by atoms with Crippen molar-refractivity contribution in [3.05, 3.63) is 46.1 Å². The number of carbonyl (C=O) groups excluding carboxylic acids is 1. The van der Waals surface area contributed by atoms with Crippen LogP contribution in [0.3, 0.4) is 0 Å². The van der Waals surface area contributed by atoms with Crippen molar-refractivity contribution in [2.45, 2.75) is 31.4 Å². The van der Waals surface area contributed by atoms with Crippen LogP contribution in [0.5, 0.6) is 0 Å². The first-order chi connectivity index (χ1) is 9.63. The van der Waals surface area contributed by atoms with E-state index in [1.807, 2.05) is 17.0 Å². The van der Waals surface area contributed by atoms with Crippen LogP contribution >= 0.6 is 23.2 Å². The average Bonchev–Trinajstić information content (AvgIpc) is 2.43. The van der Waals surface area contributed by atoms with Crippen LogP contribution in [0.25, 0.3) is 0 Å². The summed E-state index contributed by atoms with van der Waals surface area (Å²) in [5, 5.41) is 0.998. The molecule has 2 aliphatic rings. The van der Waals surface area contributed by atoms with Gasteiger partial charge in [0.25, 0.3) is 0 Å². The molecule has 2 bridgehead atoms. The van der Waals surface area contributed by atoms with Crippen molar-refractivity contribution in [2.75, 3.05) is 6.54 Å². The van der Waals surface area contributed by atoms with Gasteiger partial charge < -0.3 is 9.64 Å². The van der Waals surface area contributed by atoms with Gasteiger partial charge in [-0.3, -0.25) is 4.79 Å². The van der Waals surface area contributed by atoms with Crippen LogP contribution in [-0.4, -0.2) is 29.5 Å². The molecule has 0 aliphatic carbocycles. The largest absolute Gasteiger partial charge is 0.498 e. The summed E-state index contributed by atoms with van der Waals surface area (Å²) in [5.74, 6) is 0.124. The van der Waals surface area contributed by atoms with Gasteiger partial charge in [0.05, 0.1) is 28.8 Å². The highest BCUT2D eigenvalue weighted by Gasteiger charge is 2.32. The van der Waals surface area contributed by atoms with Gasteiger partial charge >= 0.3 is 0 Å². The lowest BCUT2D eigenvalue weighted by atomic mass is 9.96. The van der Waals surface area contributed by atoms with Crippen molar-refractivity contribution in [3.8, 4) is 0 Å². The molecule has 0 unspecified atom stereocenters. The molecule has 1 aromatic rings. The van der Waals surface area contributed by atoms with Crippen LogP contribution in [-0.2, 0) is 16.0 Å². The van der Waals surface area contributed by atoms with Crippen molar-refractivity contribution in [1.82, 2.24) is 4.90 Å². The Morgan fingerprint density at radius 2 is 2.20 bits per heavy atom. The molecule has 1 fully saturated rings. The lowest BCUT2D eigenvalue weighted by Gasteiger charge is -2.40. The number of hydrogen-bond acceptors (Lipinski definition) is 2. The van der Waals surface area contributed by atoms with Gasteiger partial charge in [0.2, 0.25) is 5.91 Å². The summed E-state index contributed by atoms with van der Waals surface area (Å²) in [6, 6.07) is 5.50. The molecule has 20 heavy (non-hydrogen) atoms. The number of halogens is 2. The maximum absolute atomic E-state index is 12.4. The smallest absolute Gasteiger partial charge is 0.227 e. The summed E-state index contributed by atoms with van der Waals surface area (Å²) in [7, 11) is 0. The lowest BCUT2D eigenvalue weighted by Crippen LogP contribution is -2.49. The third-order valence-electron chi connectivity index (χ3n) is 3.83. The molecule has 2 aliphatic heterocycles. The van der Waals surface area contributed by atoms with Crippen molar-refractivity contribution >= 4 is 29.1 Å². The second-order valence-electron chi connectivity index (χ2n) is 5.19. The van der Waals surface area contributed by atoms with Crippen LogP contribution in [0.1, 0.15) is 18.4 Å². The summed E-state index contributed by atoms with van der Waals surface area (Å²) in [6.07, 6.45) is 6.09. The molecule has 0 saturated carbocycles. The summed E-state index contributed by atoms with van der Waals surface area (Å²) >= 11 is 11.9.